The van der Waals surface area contributed by atoms with Gasteiger partial charge in [0.1, 0.15) is 18.8 Å². The van der Waals surface area contributed by atoms with E-state index in [1.165, 1.54) is 6.33 Å². The number of hydrogen-bond donors (Lipinski definition) is 2. The molecule has 86 valence electrons. The van der Waals surface area contributed by atoms with E-state index in [2.05, 4.69) is 28.2 Å². The first-order valence-electron chi connectivity index (χ1n) is 5.20. The number of ether oxygens (including phenoxy) is 1. The third kappa shape index (κ3) is 3.11. The minimum absolute atomic E-state index is 0.453. The fourth-order valence-corrected chi connectivity index (χ4v) is 1.33. The third-order valence-corrected chi connectivity index (χ3v) is 2.03. The Morgan fingerprint density at radius 1 is 1.56 bits per heavy atom. The van der Waals surface area contributed by atoms with Crippen LogP contribution in [0.4, 0.5) is 5.82 Å². The number of aromatic nitrogens is 2. The quantitative estimate of drug-likeness (QED) is 0.325. The lowest BCUT2D eigenvalue weighted by atomic mass is 10.2. The number of nitrogens with one attached hydrogen (secondary N) is 1. The van der Waals surface area contributed by atoms with Crippen molar-refractivity contribution >= 4 is 5.82 Å². The summed E-state index contributed by atoms with van der Waals surface area (Å²) in [6.45, 7) is 2.52. The Morgan fingerprint density at radius 3 is 3.00 bits per heavy atom. The van der Waals surface area contributed by atoms with Crippen molar-refractivity contribution in [3.63, 3.8) is 0 Å². The van der Waals surface area contributed by atoms with E-state index in [4.69, 9.17) is 17.0 Å². The van der Waals surface area contributed by atoms with Gasteiger partial charge in [0.15, 0.2) is 0 Å². The molecular weight excluding hydrogens is 204 g/mol. The van der Waals surface area contributed by atoms with Gasteiger partial charge in [-0.25, -0.2) is 15.8 Å². The Kier molecular flexibility index (Phi) is 5.09. The second kappa shape index (κ2) is 6.64. The second-order valence-electron chi connectivity index (χ2n) is 3.20. The Morgan fingerprint density at radius 2 is 2.38 bits per heavy atom. The molecule has 0 radical (unpaired) electrons. The standard InChI is InChI=1S/C11H16N4O/c1-3-5-7-16-11-9(6-4-2)10(15-12)13-8-14-11/h1,8H,4-7,12H2,2H3,(H,13,14,15). The van der Waals surface area contributed by atoms with Crippen LogP contribution in [0.15, 0.2) is 6.33 Å². The maximum Gasteiger partial charge on any atom is 0.221 e. The van der Waals surface area contributed by atoms with Gasteiger partial charge >= 0.3 is 0 Å². The van der Waals surface area contributed by atoms with Gasteiger partial charge in [0.25, 0.3) is 0 Å². The molecule has 0 aliphatic carbocycles. The summed E-state index contributed by atoms with van der Waals surface area (Å²) in [6.07, 6.45) is 8.90. The van der Waals surface area contributed by atoms with Crippen molar-refractivity contribution in [1.29, 1.82) is 0 Å². The summed E-state index contributed by atoms with van der Waals surface area (Å²) in [5, 5.41) is 0. The van der Waals surface area contributed by atoms with Crippen molar-refractivity contribution < 1.29 is 4.74 Å². The van der Waals surface area contributed by atoms with Crippen molar-refractivity contribution in [3.05, 3.63) is 11.9 Å². The Hall–Kier alpha value is -1.80. The lowest BCUT2D eigenvalue weighted by molar-refractivity contribution is 0.310. The van der Waals surface area contributed by atoms with Gasteiger partial charge < -0.3 is 10.2 Å². The van der Waals surface area contributed by atoms with Gasteiger partial charge in [-0.1, -0.05) is 13.3 Å². The molecule has 0 fully saturated rings. The van der Waals surface area contributed by atoms with Crippen molar-refractivity contribution in [2.75, 3.05) is 12.0 Å². The molecule has 0 atom stereocenters. The highest BCUT2D eigenvalue weighted by Gasteiger charge is 2.10. The summed E-state index contributed by atoms with van der Waals surface area (Å²) in [5.74, 6) is 9.05. The fourth-order valence-electron chi connectivity index (χ4n) is 1.33. The van der Waals surface area contributed by atoms with Gasteiger partial charge in [-0.2, -0.15) is 0 Å². The van der Waals surface area contributed by atoms with E-state index in [1.807, 2.05) is 0 Å². The highest BCUT2D eigenvalue weighted by Crippen LogP contribution is 2.22. The number of hydrogen-bond acceptors (Lipinski definition) is 5. The lowest BCUT2D eigenvalue weighted by Crippen LogP contribution is -2.13. The minimum atomic E-state index is 0.453. The van der Waals surface area contributed by atoms with Gasteiger partial charge in [0, 0.05) is 6.42 Å². The zero-order valence-electron chi connectivity index (χ0n) is 9.36. The highest BCUT2D eigenvalue weighted by atomic mass is 16.5. The zero-order chi connectivity index (χ0) is 11.8. The van der Waals surface area contributed by atoms with Crippen LogP contribution in [-0.4, -0.2) is 16.6 Å². The number of nitrogens with zero attached hydrogens (tertiary/aromatic N) is 2. The molecule has 0 aromatic carbocycles. The molecule has 0 spiro atoms. The van der Waals surface area contributed by atoms with E-state index in [-0.39, 0.29) is 0 Å². The van der Waals surface area contributed by atoms with Crippen LogP contribution in [0.25, 0.3) is 0 Å². The SMILES string of the molecule is C#CCCOc1ncnc(NN)c1CCC. The normalized spacial score (nSPS) is 9.56. The Labute approximate surface area is 95.4 Å². The summed E-state index contributed by atoms with van der Waals surface area (Å²) in [6, 6.07) is 0. The molecule has 5 nitrogen and oxygen atoms in total. The molecule has 0 saturated carbocycles. The summed E-state index contributed by atoms with van der Waals surface area (Å²) in [7, 11) is 0. The molecule has 0 aliphatic heterocycles. The second-order valence-corrected chi connectivity index (χ2v) is 3.20. The van der Waals surface area contributed by atoms with Crippen LogP contribution < -0.4 is 16.0 Å². The maximum atomic E-state index is 5.48. The van der Waals surface area contributed by atoms with E-state index >= 15 is 0 Å². The molecule has 16 heavy (non-hydrogen) atoms. The molecule has 1 rings (SSSR count). The average Bonchev–Trinajstić information content (AvgIpc) is 2.31. The molecule has 3 N–H and O–H groups in total. The van der Waals surface area contributed by atoms with Crippen molar-refractivity contribution in [2.45, 2.75) is 26.2 Å². The van der Waals surface area contributed by atoms with E-state index in [9.17, 15) is 0 Å². The molecular formula is C11H16N4O. The Bertz CT molecular complexity index is 373. The summed E-state index contributed by atoms with van der Waals surface area (Å²) >= 11 is 0. The average molecular weight is 220 g/mol. The number of rotatable bonds is 6. The van der Waals surface area contributed by atoms with Crippen molar-refractivity contribution in [2.24, 2.45) is 5.84 Å². The molecule has 0 aliphatic rings. The highest BCUT2D eigenvalue weighted by molar-refractivity contribution is 5.47. The first-order valence-corrected chi connectivity index (χ1v) is 5.20. The van der Waals surface area contributed by atoms with Gasteiger partial charge in [0.05, 0.1) is 5.56 Å². The molecule has 0 unspecified atom stereocenters. The van der Waals surface area contributed by atoms with Crippen LogP contribution in [0.3, 0.4) is 0 Å². The van der Waals surface area contributed by atoms with Gasteiger partial charge in [-0.05, 0) is 6.42 Å². The molecule has 1 heterocycles. The van der Waals surface area contributed by atoms with E-state index in [1.54, 1.807) is 0 Å². The monoisotopic (exact) mass is 220 g/mol. The molecule has 1 aromatic heterocycles. The summed E-state index contributed by atoms with van der Waals surface area (Å²) in [4.78, 5) is 8.12. The number of anilines is 1. The van der Waals surface area contributed by atoms with Crippen LogP contribution in [0.2, 0.25) is 0 Å². The van der Waals surface area contributed by atoms with Crippen LogP contribution in [-0.2, 0) is 6.42 Å². The number of nitrogens with two attached hydrogens (primary N) is 1. The fraction of sp³-hybridized carbons (Fsp3) is 0.455. The first-order chi connectivity index (χ1) is 7.83. The molecule has 0 bridgehead atoms. The Balaban J connectivity index is 2.84. The molecule has 0 amide bonds. The van der Waals surface area contributed by atoms with Gasteiger partial charge in [0.2, 0.25) is 5.88 Å². The van der Waals surface area contributed by atoms with Crippen LogP contribution >= 0.6 is 0 Å². The van der Waals surface area contributed by atoms with Crippen LogP contribution in [0.1, 0.15) is 25.3 Å². The molecule has 1 aromatic rings. The number of nitrogen functional groups attached to an aromatic ring is 1. The first kappa shape index (κ1) is 12.3. The smallest absolute Gasteiger partial charge is 0.221 e. The number of hydrazine groups is 1. The third-order valence-electron chi connectivity index (χ3n) is 2.03. The molecule has 5 heteroatoms. The lowest BCUT2D eigenvalue weighted by Gasteiger charge is -2.11. The number of terminal acetylenes is 1. The predicted molar refractivity (Wildman–Crippen MR) is 62.8 cm³/mol. The maximum absolute atomic E-state index is 5.48. The zero-order valence-corrected chi connectivity index (χ0v) is 9.36. The summed E-state index contributed by atoms with van der Waals surface area (Å²) in [5.41, 5.74) is 3.43. The van der Waals surface area contributed by atoms with E-state index in [0.717, 1.165) is 18.4 Å². The van der Waals surface area contributed by atoms with Gasteiger partial charge in [-0.15, -0.1) is 12.3 Å². The van der Waals surface area contributed by atoms with E-state index < -0.39 is 0 Å². The largest absolute Gasteiger partial charge is 0.476 e. The van der Waals surface area contributed by atoms with Crippen LogP contribution in [0, 0.1) is 12.3 Å². The topological polar surface area (TPSA) is 73.1 Å². The van der Waals surface area contributed by atoms with Crippen molar-refractivity contribution in [3.8, 4) is 18.2 Å². The molecule has 0 saturated heterocycles. The van der Waals surface area contributed by atoms with E-state index in [0.29, 0.717) is 24.7 Å². The van der Waals surface area contributed by atoms with Crippen LogP contribution in [0.5, 0.6) is 5.88 Å². The minimum Gasteiger partial charge on any atom is -0.476 e. The van der Waals surface area contributed by atoms with Gasteiger partial charge in [-0.3, -0.25) is 0 Å². The predicted octanol–water partition coefficient (Wildman–Crippen LogP) is 1.12. The van der Waals surface area contributed by atoms with Crippen molar-refractivity contribution in [1.82, 2.24) is 9.97 Å². The summed E-state index contributed by atoms with van der Waals surface area (Å²) < 4.78 is 5.48.